The first kappa shape index (κ1) is 35.8. The molecule has 1 saturated carbocycles. The van der Waals surface area contributed by atoms with Gasteiger partial charge in [0.05, 0.1) is 19.1 Å². The molecule has 242 valence electrons. The van der Waals surface area contributed by atoms with E-state index in [0.29, 0.717) is 13.0 Å². The van der Waals surface area contributed by atoms with Crippen molar-refractivity contribution in [3.8, 4) is 0 Å². The van der Waals surface area contributed by atoms with Gasteiger partial charge in [-0.05, 0) is 63.2 Å². The highest BCUT2D eigenvalue weighted by molar-refractivity contribution is 6.38. The molecular weight excluding hydrogens is 556 g/mol. The van der Waals surface area contributed by atoms with E-state index in [0.717, 1.165) is 0 Å². The number of allylic oxidation sites excluding steroid dienone is 1. The summed E-state index contributed by atoms with van der Waals surface area (Å²) in [6.45, 7) is 20.4. The molecule has 1 saturated heterocycles. The van der Waals surface area contributed by atoms with E-state index in [1.54, 1.807) is 33.8 Å². The maximum absolute atomic E-state index is 14.0. The van der Waals surface area contributed by atoms with E-state index in [9.17, 15) is 28.8 Å². The number of rotatable bonds is 13. The smallest absolute Gasteiger partial charge is 0.408 e. The number of esters is 1. The number of Topliss-reactive ketones (excluding diaryl/α,β-unsaturated/α-hetero) is 1. The molecule has 12 nitrogen and oxygen atoms in total. The molecule has 2 unspecified atom stereocenters. The SMILES string of the molecule is C=CCCC(NC(=O)[C@@H]1[C@@H]2C(CN1C(=O)[C@@H](NC(=O)OC(C)(C)C)C(C)(C)C)C2(C)C)C(=O)C(=O)NCCC(=O)OCC. The second kappa shape index (κ2) is 13.9. The minimum atomic E-state index is -1.16. The summed E-state index contributed by atoms with van der Waals surface area (Å²) in [5.41, 5.74) is -1.68. The first-order valence-corrected chi connectivity index (χ1v) is 14.9. The minimum Gasteiger partial charge on any atom is -0.466 e. The lowest BCUT2D eigenvalue weighted by molar-refractivity contribution is -0.145. The van der Waals surface area contributed by atoms with Crippen LogP contribution < -0.4 is 16.0 Å². The van der Waals surface area contributed by atoms with Crippen LogP contribution in [0.3, 0.4) is 0 Å². The Morgan fingerprint density at radius 3 is 2.21 bits per heavy atom. The van der Waals surface area contributed by atoms with Gasteiger partial charge in [0, 0.05) is 13.1 Å². The van der Waals surface area contributed by atoms with Crippen LogP contribution in [0.2, 0.25) is 0 Å². The maximum atomic E-state index is 14.0. The molecule has 0 spiro atoms. The number of fused-ring (bicyclic) bond motifs is 1. The largest absolute Gasteiger partial charge is 0.466 e. The predicted molar refractivity (Wildman–Crippen MR) is 160 cm³/mol. The van der Waals surface area contributed by atoms with E-state index in [2.05, 4.69) is 22.5 Å². The van der Waals surface area contributed by atoms with Crippen LogP contribution in [0.5, 0.6) is 0 Å². The first-order valence-electron chi connectivity index (χ1n) is 14.9. The lowest BCUT2D eigenvalue weighted by Crippen LogP contribution is -2.60. The fraction of sp³-hybridized carbons (Fsp3) is 0.742. The highest BCUT2D eigenvalue weighted by Gasteiger charge is 2.70. The summed E-state index contributed by atoms with van der Waals surface area (Å²) in [6.07, 6.45) is 1.22. The number of hydrogen-bond donors (Lipinski definition) is 3. The molecule has 43 heavy (non-hydrogen) atoms. The standard InChI is InChI=1S/C31H50N4O8/c1-11-13-14-19(23(37)26(39)32-16-15-20(36)42-12-2)33-25(38)22-21-18(31(21,9)10)17-35(22)27(40)24(29(3,4)5)34-28(41)43-30(6,7)8/h11,18-19,21-22,24H,1,12-17H2,2-10H3,(H,32,39)(H,33,38)(H,34,41)/t18?,19?,21-,22-,24+/m0/s1. The van der Waals surface area contributed by atoms with Crippen molar-refractivity contribution < 1.29 is 38.2 Å². The minimum absolute atomic E-state index is 0.0582. The number of likely N-dealkylation sites (tertiary alicyclic amines) is 1. The average Bonchev–Trinajstić information content (AvgIpc) is 3.20. The summed E-state index contributed by atoms with van der Waals surface area (Å²) in [5, 5.41) is 7.84. The molecule has 5 atom stereocenters. The van der Waals surface area contributed by atoms with Crippen molar-refractivity contribution in [3.63, 3.8) is 0 Å². The Balaban J connectivity index is 2.25. The number of carbonyl (C=O) groups is 6. The molecule has 3 N–H and O–H groups in total. The third-order valence-electron chi connectivity index (χ3n) is 7.97. The lowest BCUT2D eigenvalue weighted by atomic mass is 9.85. The van der Waals surface area contributed by atoms with E-state index in [4.69, 9.17) is 9.47 Å². The molecule has 1 aliphatic heterocycles. The fourth-order valence-electron chi connectivity index (χ4n) is 5.62. The van der Waals surface area contributed by atoms with Crippen LogP contribution in [-0.2, 0) is 33.4 Å². The molecule has 12 heteroatoms. The Morgan fingerprint density at radius 1 is 1.05 bits per heavy atom. The van der Waals surface area contributed by atoms with Crippen molar-refractivity contribution in [2.24, 2.45) is 22.7 Å². The molecule has 2 fully saturated rings. The molecule has 4 amide bonds. The van der Waals surface area contributed by atoms with Gasteiger partial charge in [-0.2, -0.15) is 0 Å². The van der Waals surface area contributed by atoms with Crippen molar-refractivity contribution in [1.82, 2.24) is 20.9 Å². The number of piperidine rings is 1. The number of alkyl carbamates (subject to hydrolysis) is 1. The van der Waals surface area contributed by atoms with Gasteiger partial charge in [0.25, 0.3) is 5.91 Å². The predicted octanol–water partition coefficient (Wildman–Crippen LogP) is 2.50. The lowest BCUT2D eigenvalue weighted by Gasteiger charge is -2.38. The van der Waals surface area contributed by atoms with Gasteiger partial charge in [0.15, 0.2) is 0 Å². The van der Waals surface area contributed by atoms with Crippen molar-refractivity contribution in [2.75, 3.05) is 19.7 Å². The van der Waals surface area contributed by atoms with Crippen molar-refractivity contribution in [2.45, 2.75) is 105 Å². The second-order valence-corrected chi connectivity index (χ2v) is 13.9. The Morgan fingerprint density at radius 2 is 1.67 bits per heavy atom. The Kier molecular flexibility index (Phi) is 11.6. The van der Waals surface area contributed by atoms with Gasteiger partial charge in [0.1, 0.15) is 17.7 Å². The summed E-state index contributed by atoms with van der Waals surface area (Å²) in [6, 6.07) is -3.05. The van der Waals surface area contributed by atoms with E-state index in [-0.39, 0.29) is 43.2 Å². The van der Waals surface area contributed by atoms with E-state index < -0.39 is 64.7 Å². The van der Waals surface area contributed by atoms with Crippen LogP contribution in [0, 0.1) is 22.7 Å². The summed E-state index contributed by atoms with van der Waals surface area (Å²) < 4.78 is 10.2. The van der Waals surface area contributed by atoms with Gasteiger partial charge in [-0.15, -0.1) is 6.58 Å². The Bertz CT molecular complexity index is 1100. The molecule has 0 aromatic heterocycles. The van der Waals surface area contributed by atoms with Gasteiger partial charge in [-0.3, -0.25) is 24.0 Å². The highest BCUT2D eigenvalue weighted by atomic mass is 16.6. The molecular formula is C31H50N4O8. The number of ketones is 1. The normalized spacial score (nSPS) is 21.9. The van der Waals surface area contributed by atoms with Crippen LogP contribution in [0.4, 0.5) is 4.79 Å². The molecule has 1 aliphatic carbocycles. The zero-order valence-electron chi connectivity index (χ0n) is 27.1. The van der Waals surface area contributed by atoms with Gasteiger partial charge >= 0.3 is 12.1 Å². The Labute approximate surface area is 255 Å². The highest BCUT2D eigenvalue weighted by Crippen LogP contribution is 2.65. The number of amides is 4. The quantitative estimate of drug-likeness (QED) is 0.164. The van der Waals surface area contributed by atoms with E-state index >= 15 is 0 Å². The van der Waals surface area contributed by atoms with Gasteiger partial charge in [-0.25, -0.2) is 4.79 Å². The van der Waals surface area contributed by atoms with Crippen LogP contribution in [0.1, 0.15) is 81.6 Å². The number of nitrogens with zero attached hydrogens (tertiary/aromatic N) is 1. The van der Waals surface area contributed by atoms with Crippen LogP contribution in [-0.4, -0.2) is 83.9 Å². The van der Waals surface area contributed by atoms with Gasteiger partial charge in [-0.1, -0.05) is 40.7 Å². The molecule has 2 aliphatic rings. The van der Waals surface area contributed by atoms with E-state index in [1.165, 1.54) is 4.90 Å². The average molecular weight is 607 g/mol. The third kappa shape index (κ3) is 9.27. The molecule has 0 aromatic rings. The summed E-state index contributed by atoms with van der Waals surface area (Å²) in [4.78, 5) is 79.3. The fourth-order valence-corrected chi connectivity index (χ4v) is 5.62. The maximum Gasteiger partial charge on any atom is 0.408 e. The second-order valence-electron chi connectivity index (χ2n) is 13.9. The summed E-state index contributed by atoms with van der Waals surface area (Å²) in [5.74, 6) is -3.37. The topological polar surface area (TPSA) is 160 Å². The van der Waals surface area contributed by atoms with Crippen molar-refractivity contribution in [3.05, 3.63) is 12.7 Å². The van der Waals surface area contributed by atoms with Gasteiger partial charge in [0.2, 0.25) is 17.6 Å². The van der Waals surface area contributed by atoms with Crippen LogP contribution in [0.25, 0.3) is 0 Å². The molecule has 1 heterocycles. The molecule has 0 radical (unpaired) electrons. The van der Waals surface area contributed by atoms with Crippen LogP contribution >= 0.6 is 0 Å². The Hall–Kier alpha value is -3.44. The summed E-state index contributed by atoms with van der Waals surface area (Å²) in [7, 11) is 0. The first-order chi connectivity index (χ1) is 19.8. The molecule has 2 rings (SSSR count). The summed E-state index contributed by atoms with van der Waals surface area (Å²) >= 11 is 0. The molecule has 0 aromatic carbocycles. The van der Waals surface area contributed by atoms with Crippen molar-refractivity contribution in [1.29, 1.82) is 0 Å². The van der Waals surface area contributed by atoms with Crippen molar-refractivity contribution >= 4 is 35.6 Å². The number of ether oxygens (including phenoxy) is 2. The number of carbonyl (C=O) groups excluding carboxylic acids is 6. The zero-order chi connectivity index (χ0) is 32.9. The molecule has 0 bridgehead atoms. The monoisotopic (exact) mass is 606 g/mol. The van der Waals surface area contributed by atoms with E-state index in [1.807, 2.05) is 34.6 Å². The zero-order valence-corrected chi connectivity index (χ0v) is 27.1. The number of nitrogens with one attached hydrogen (secondary N) is 3. The van der Waals surface area contributed by atoms with Crippen LogP contribution in [0.15, 0.2) is 12.7 Å². The third-order valence-corrected chi connectivity index (χ3v) is 7.97. The van der Waals surface area contributed by atoms with Gasteiger partial charge < -0.3 is 30.3 Å². The number of hydrogen-bond acceptors (Lipinski definition) is 8.